The van der Waals surface area contributed by atoms with E-state index in [1.54, 1.807) is 13.2 Å². The van der Waals surface area contributed by atoms with E-state index in [-0.39, 0.29) is 29.0 Å². The maximum atomic E-state index is 13.7. The van der Waals surface area contributed by atoms with E-state index in [2.05, 4.69) is 26.8 Å². The first-order valence-electron chi connectivity index (χ1n) is 13.4. The SMILES string of the molecule is COC(=O)Nc1ccc2c(c1)NC(=O)CCCCCC(C(=O)N1CCCC(c3cccc(OC)c3)C1)NC2=O. The Labute approximate surface area is 228 Å². The van der Waals surface area contributed by atoms with Crippen molar-refractivity contribution in [1.82, 2.24) is 10.2 Å². The molecular weight excluding hydrogens is 500 g/mol. The molecule has 2 aromatic rings. The number of carbonyl (C=O) groups is 4. The number of fused-ring (bicyclic) bond motifs is 1. The molecule has 2 atom stereocenters. The molecule has 0 spiro atoms. The van der Waals surface area contributed by atoms with E-state index < -0.39 is 18.0 Å². The second-order valence-corrected chi connectivity index (χ2v) is 9.95. The van der Waals surface area contributed by atoms with Gasteiger partial charge >= 0.3 is 6.09 Å². The Morgan fingerprint density at radius 1 is 1.00 bits per heavy atom. The Balaban J connectivity index is 1.54. The average Bonchev–Trinajstić information content (AvgIpc) is 2.95. The van der Waals surface area contributed by atoms with Gasteiger partial charge in [-0.25, -0.2) is 4.79 Å². The molecule has 2 aliphatic heterocycles. The van der Waals surface area contributed by atoms with Gasteiger partial charge in [0, 0.05) is 31.1 Å². The second kappa shape index (κ2) is 13.1. The lowest BCUT2D eigenvalue weighted by molar-refractivity contribution is -0.134. The van der Waals surface area contributed by atoms with Gasteiger partial charge in [0.05, 0.1) is 25.5 Å². The van der Waals surface area contributed by atoms with E-state index in [1.165, 1.54) is 19.2 Å². The summed E-state index contributed by atoms with van der Waals surface area (Å²) < 4.78 is 10.0. The zero-order chi connectivity index (χ0) is 27.8. The normalized spacial score (nSPS) is 20.3. The molecule has 2 aliphatic rings. The standard InChI is InChI=1S/C29H36N4O6/c1-38-22-10-6-8-19(16-22)20-9-7-15-33(18-20)28(36)24-11-4-3-5-12-26(34)31-25-17-21(30-29(37)39-2)13-14-23(25)27(35)32-24/h6,8,10,13-14,16-17,20,24H,3-5,7,9,11-12,15,18H2,1-2H3,(H,30,37)(H,31,34)(H,32,35). The fraction of sp³-hybridized carbons (Fsp3) is 0.448. The van der Waals surface area contributed by atoms with Crippen molar-refractivity contribution in [3.05, 3.63) is 53.6 Å². The highest BCUT2D eigenvalue weighted by atomic mass is 16.5. The van der Waals surface area contributed by atoms with E-state index in [9.17, 15) is 19.2 Å². The number of anilines is 2. The van der Waals surface area contributed by atoms with Crippen LogP contribution in [0.15, 0.2) is 42.5 Å². The summed E-state index contributed by atoms with van der Waals surface area (Å²) >= 11 is 0. The van der Waals surface area contributed by atoms with Crippen molar-refractivity contribution < 1.29 is 28.7 Å². The zero-order valence-electron chi connectivity index (χ0n) is 22.5. The van der Waals surface area contributed by atoms with Crippen molar-refractivity contribution >= 4 is 35.2 Å². The predicted molar refractivity (Wildman–Crippen MR) is 147 cm³/mol. The summed E-state index contributed by atoms with van der Waals surface area (Å²) in [6.07, 6.45) is 4.10. The van der Waals surface area contributed by atoms with Crippen molar-refractivity contribution in [2.24, 2.45) is 0 Å². The van der Waals surface area contributed by atoms with Crippen LogP contribution in [-0.4, -0.2) is 62.1 Å². The maximum absolute atomic E-state index is 13.7. The Kier molecular flexibility index (Phi) is 9.40. The van der Waals surface area contributed by atoms with Crippen LogP contribution in [0, 0.1) is 0 Å². The van der Waals surface area contributed by atoms with Crippen LogP contribution in [0.5, 0.6) is 5.75 Å². The third-order valence-electron chi connectivity index (χ3n) is 7.27. The number of benzene rings is 2. The van der Waals surface area contributed by atoms with Crippen LogP contribution >= 0.6 is 0 Å². The van der Waals surface area contributed by atoms with Crippen molar-refractivity contribution in [2.45, 2.75) is 56.9 Å². The highest BCUT2D eigenvalue weighted by Crippen LogP contribution is 2.30. The van der Waals surface area contributed by atoms with Gasteiger partial charge in [-0.05, 0) is 61.6 Å². The van der Waals surface area contributed by atoms with Gasteiger partial charge in [-0.3, -0.25) is 19.7 Å². The molecule has 1 saturated heterocycles. The summed E-state index contributed by atoms with van der Waals surface area (Å²) in [5.41, 5.74) is 1.97. The lowest BCUT2D eigenvalue weighted by Crippen LogP contribution is -2.51. The van der Waals surface area contributed by atoms with E-state index in [0.717, 1.165) is 30.6 Å². The molecule has 39 heavy (non-hydrogen) atoms. The quantitative estimate of drug-likeness (QED) is 0.536. The molecule has 208 valence electrons. The summed E-state index contributed by atoms with van der Waals surface area (Å²) in [5.74, 6) is 0.205. The van der Waals surface area contributed by atoms with Gasteiger partial charge in [-0.15, -0.1) is 0 Å². The topological polar surface area (TPSA) is 126 Å². The molecular formula is C29H36N4O6. The van der Waals surface area contributed by atoms with E-state index in [1.807, 2.05) is 23.1 Å². The monoisotopic (exact) mass is 536 g/mol. The van der Waals surface area contributed by atoms with Crippen molar-refractivity contribution in [3.8, 4) is 5.75 Å². The van der Waals surface area contributed by atoms with Crippen molar-refractivity contribution in [2.75, 3.05) is 37.9 Å². The molecule has 0 aromatic heterocycles. The summed E-state index contributed by atoms with van der Waals surface area (Å²) in [5, 5.41) is 8.26. The third kappa shape index (κ3) is 7.28. The van der Waals surface area contributed by atoms with Gasteiger partial charge in [0.1, 0.15) is 11.8 Å². The molecule has 0 bridgehead atoms. The highest BCUT2D eigenvalue weighted by Gasteiger charge is 2.31. The van der Waals surface area contributed by atoms with Crippen LogP contribution in [0.25, 0.3) is 0 Å². The zero-order valence-corrected chi connectivity index (χ0v) is 22.5. The van der Waals surface area contributed by atoms with Gasteiger partial charge < -0.3 is 25.0 Å². The molecule has 10 nitrogen and oxygen atoms in total. The number of hydrogen-bond acceptors (Lipinski definition) is 6. The van der Waals surface area contributed by atoms with E-state index in [4.69, 9.17) is 4.74 Å². The largest absolute Gasteiger partial charge is 0.497 e. The molecule has 2 aromatic carbocycles. The Hall–Kier alpha value is -4.08. The first kappa shape index (κ1) is 27.9. The number of hydrogen-bond donors (Lipinski definition) is 3. The summed E-state index contributed by atoms with van der Waals surface area (Å²) in [6, 6.07) is 11.8. The van der Waals surface area contributed by atoms with E-state index in [0.29, 0.717) is 44.5 Å². The molecule has 2 unspecified atom stereocenters. The molecule has 1 fully saturated rings. The number of carbonyl (C=O) groups excluding carboxylic acids is 4. The third-order valence-corrected chi connectivity index (χ3v) is 7.27. The molecule has 2 heterocycles. The fourth-order valence-electron chi connectivity index (χ4n) is 5.17. The van der Waals surface area contributed by atoms with Crippen molar-refractivity contribution in [3.63, 3.8) is 0 Å². The minimum atomic E-state index is -0.683. The van der Waals surface area contributed by atoms with Crippen molar-refractivity contribution in [1.29, 1.82) is 0 Å². The Bertz CT molecular complexity index is 1220. The van der Waals surface area contributed by atoms with Crippen LogP contribution in [0.3, 0.4) is 0 Å². The van der Waals surface area contributed by atoms with Crippen LogP contribution in [0.1, 0.15) is 66.8 Å². The van der Waals surface area contributed by atoms with Crippen LogP contribution < -0.4 is 20.7 Å². The smallest absolute Gasteiger partial charge is 0.411 e. The van der Waals surface area contributed by atoms with Gasteiger partial charge in [0.15, 0.2) is 0 Å². The average molecular weight is 537 g/mol. The Morgan fingerprint density at radius 3 is 2.64 bits per heavy atom. The van der Waals surface area contributed by atoms with Crippen LogP contribution in [0.2, 0.25) is 0 Å². The first-order chi connectivity index (χ1) is 18.9. The minimum absolute atomic E-state index is 0.0948. The van der Waals surface area contributed by atoms with E-state index >= 15 is 0 Å². The van der Waals surface area contributed by atoms with Gasteiger partial charge in [0.25, 0.3) is 5.91 Å². The molecule has 0 aliphatic carbocycles. The summed E-state index contributed by atoms with van der Waals surface area (Å²) in [7, 11) is 2.89. The maximum Gasteiger partial charge on any atom is 0.411 e. The number of likely N-dealkylation sites (tertiary alicyclic amines) is 1. The highest BCUT2D eigenvalue weighted by molar-refractivity contribution is 6.06. The number of amides is 4. The molecule has 0 radical (unpaired) electrons. The second-order valence-electron chi connectivity index (χ2n) is 9.95. The van der Waals surface area contributed by atoms with Crippen LogP contribution in [-0.2, 0) is 14.3 Å². The Morgan fingerprint density at radius 2 is 1.85 bits per heavy atom. The van der Waals surface area contributed by atoms with Gasteiger partial charge in [-0.1, -0.05) is 25.0 Å². The lowest BCUT2D eigenvalue weighted by atomic mass is 9.90. The van der Waals surface area contributed by atoms with Gasteiger partial charge in [-0.2, -0.15) is 0 Å². The first-order valence-corrected chi connectivity index (χ1v) is 13.4. The molecule has 10 heteroatoms. The number of piperidine rings is 1. The number of ether oxygens (including phenoxy) is 2. The molecule has 4 rings (SSSR count). The molecule has 0 saturated carbocycles. The fourth-order valence-corrected chi connectivity index (χ4v) is 5.17. The van der Waals surface area contributed by atoms with Crippen LogP contribution in [0.4, 0.5) is 16.2 Å². The number of nitrogens with one attached hydrogen (secondary N) is 3. The number of nitrogens with zero attached hydrogens (tertiary/aromatic N) is 1. The predicted octanol–water partition coefficient (Wildman–Crippen LogP) is 4.28. The lowest BCUT2D eigenvalue weighted by Gasteiger charge is -2.35. The molecule has 4 amide bonds. The minimum Gasteiger partial charge on any atom is -0.497 e. The van der Waals surface area contributed by atoms with Gasteiger partial charge in [0.2, 0.25) is 11.8 Å². The number of methoxy groups -OCH3 is 2. The summed E-state index contributed by atoms with van der Waals surface area (Å²) in [4.78, 5) is 53.2. The number of rotatable bonds is 4. The molecule has 3 N–H and O–H groups in total. The summed E-state index contributed by atoms with van der Waals surface area (Å²) in [6.45, 7) is 1.22.